The Morgan fingerprint density at radius 3 is 2.73 bits per heavy atom. The van der Waals surface area contributed by atoms with Gasteiger partial charge in [0.1, 0.15) is 5.58 Å². The molecule has 0 fully saturated rings. The minimum Gasteiger partial charge on any atom is -0.418 e. The highest BCUT2D eigenvalue weighted by atomic mass is 16.6. The second kappa shape index (κ2) is 3.20. The number of rotatable bonds is 1. The summed E-state index contributed by atoms with van der Waals surface area (Å²) >= 11 is 0. The number of hydrogen-bond donors (Lipinski definition) is 0. The monoisotopic (exact) mass is 205 g/mol. The topological polar surface area (TPSA) is 73.3 Å². The zero-order valence-corrected chi connectivity index (χ0v) is 7.89. The van der Waals surface area contributed by atoms with Crippen molar-refractivity contribution in [3.63, 3.8) is 0 Å². The molecule has 0 bridgehead atoms. The molecule has 0 saturated heterocycles. The van der Waals surface area contributed by atoms with E-state index >= 15 is 0 Å². The van der Waals surface area contributed by atoms with Crippen molar-refractivity contribution in [2.75, 3.05) is 0 Å². The van der Waals surface area contributed by atoms with E-state index in [4.69, 9.17) is 4.42 Å². The molecule has 0 aliphatic rings. The third kappa shape index (κ3) is 1.59. The Labute approximate surface area is 84.1 Å². The Morgan fingerprint density at radius 2 is 2.07 bits per heavy atom. The van der Waals surface area contributed by atoms with Crippen LogP contribution in [0.5, 0.6) is 0 Å². The van der Waals surface area contributed by atoms with Crippen molar-refractivity contribution in [3.05, 3.63) is 50.4 Å². The van der Waals surface area contributed by atoms with E-state index in [0.29, 0.717) is 11.0 Å². The fourth-order valence-electron chi connectivity index (χ4n) is 1.33. The van der Waals surface area contributed by atoms with Crippen LogP contribution in [0.2, 0.25) is 0 Å². The molecule has 2 rings (SSSR count). The van der Waals surface area contributed by atoms with Crippen LogP contribution >= 0.6 is 0 Å². The fraction of sp³-hybridized carbons (Fsp3) is 0.100. The second-order valence-corrected chi connectivity index (χ2v) is 3.22. The Bertz CT molecular complexity index is 600. The van der Waals surface area contributed by atoms with Gasteiger partial charge in [0.25, 0.3) is 0 Å². The maximum Gasteiger partial charge on any atom is 0.415 e. The van der Waals surface area contributed by atoms with E-state index in [1.54, 1.807) is 18.2 Å². The summed E-state index contributed by atoms with van der Waals surface area (Å²) in [5.74, 6) is 0. The van der Waals surface area contributed by atoms with Gasteiger partial charge in [0, 0.05) is 11.5 Å². The van der Waals surface area contributed by atoms with Crippen LogP contribution < -0.4 is 5.63 Å². The van der Waals surface area contributed by atoms with Gasteiger partial charge in [-0.3, -0.25) is 10.1 Å². The largest absolute Gasteiger partial charge is 0.418 e. The average molecular weight is 205 g/mol. The summed E-state index contributed by atoms with van der Waals surface area (Å²) in [5.41, 5.74) is -0.158. The Hall–Kier alpha value is -2.17. The predicted molar refractivity (Wildman–Crippen MR) is 53.9 cm³/mol. The number of hydrogen-bond acceptors (Lipinski definition) is 4. The van der Waals surface area contributed by atoms with Gasteiger partial charge in [0.2, 0.25) is 0 Å². The van der Waals surface area contributed by atoms with Crippen LogP contribution in [0.1, 0.15) is 5.56 Å². The Kier molecular flexibility index (Phi) is 2.00. The standard InChI is InChI=1S/C10H7NO4/c1-6-2-3-7-5-8(11(13)14)10(12)15-9(7)4-6/h2-5H,1H3. The maximum absolute atomic E-state index is 11.2. The van der Waals surface area contributed by atoms with Crippen LogP contribution in [-0.2, 0) is 0 Å². The molecule has 15 heavy (non-hydrogen) atoms. The SMILES string of the molecule is Cc1ccc2cc([N+](=O)[O-])c(=O)oc2c1. The van der Waals surface area contributed by atoms with Crippen molar-refractivity contribution in [3.8, 4) is 0 Å². The summed E-state index contributed by atoms with van der Waals surface area (Å²) in [6.45, 7) is 1.85. The summed E-state index contributed by atoms with van der Waals surface area (Å²) in [7, 11) is 0. The van der Waals surface area contributed by atoms with Crippen LogP contribution in [0.3, 0.4) is 0 Å². The highest BCUT2D eigenvalue weighted by Crippen LogP contribution is 2.17. The molecule has 76 valence electrons. The number of fused-ring (bicyclic) bond motifs is 1. The van der Waals surface area contributed by atoms with Crippen LogP contribution in [0.4, 0.5) is 5.69 Å². The van der Waals surface area contributed by atoms with E-state index in [-0.39, 0.29) is 0 Å². The lowest BCUT2D eigenvalue weighted by Crippen LogP contribution is -2.05. The second-order valence-electron chi connectivity index (χ2n) is 3.22. The van der Waals surface area contributed by atoms with E-state index in [2.05, 4.69) is 0 Å². The summed E-state index contributed by atoms with van der Waals surface area (Å²) in [5, 5.41) is 11.0. The molecule has 0 aliphatic heterocycles. The molecule has 2 aromatic rings. The lowest BCUT2D eigenvalue weighted by atomic mass is 10.1. The summed E-state index contributed by atoms with van der Waals surface area (Å²) in [6.07, 6.45) is 0. The molecule has 1 heterocycles. The van der Waals surface area contributed by atoms with Gasteiger partial charge in [-0.2, -0.15) is 0 Å². The zero-order valence-electron chi connectivity index (χ0n) is 7.89. The lowest BCUT2D eigenvalue weighted by Gasteiger charge is -1.97. The molecule has 0 atom stereocenters. The molecule has 0 aliphatic carbocycles. The van der Waals surface area contributed by atoms with E-state index in [1.807, 2.05) is 6.92 Å². The first-order chi connectivity index (χ1) is 7.08. The van der Waals surface area contributed by atoms with Gasteiger partial charge in [-0.05, 0) is 18.6 Å². The van der Waals surface area contributed by atoms with Gasteiger partial charge in [-0.25, -0.2) is 4.79 Å². The van der Waals surface area contributed by atoms with E-state index in [0.717, 1.165) is 5.56 Å². The first-order valence-corrected chi connectivity index (χ1v) is 4.27. The van der Waals surface area contributed by atoms with E-state index < -0.39 is 16.2 Å². The maximum atomic E-state index is 11.2. The molecule has 5 heteroatoms. The third-order valence-corrected chi connectivity index (χ3v) is 2.07. The number of benzene rings is 1. The van der Waals surface area contributed by atoms with Crippen LogP contribution in [0.15, 0.2) is 33.5 Å². The molecule has 1 aromatic heterocycles. The van der Waals surface area contributed by atoms with Crippen molar-refractivity contribution in [1.29, 1.82) is 0 Å². The summed E-state index contributed by atoms with van der Waals surface area (Å²) in [4.78, 5) is 20.9. The van der Waals surface area contributed by atoms with Gasteiger partial charge in [0.15, 0.2) is 0 Å². The van der Waals surface area contributed by atoms with Crippen molar-refractivity contribution in [2.45, 2.75) is 6.92 Å². The van der Waals surface area contributed by atoms with Gasteiger partial charge in [-0.1, -0.05) is 12.1 Å². The smallest absolute Gasteiger partial charge is 0.415 e. The summed E-state index contributed by atoms with van der Waals surface area (Å²) < 4.78 is 4.84. The minimum absolute atomic E-state index is 0.366. The van der Waals surface area contributed by atoms with Gasteiger partial charge >= 0.3 is 11.3 Å². The van der Waals surface area contributed by atoms with Crippen molar-refractivity contribution < 1.29 is 9.34 Å². The van der Waals surface area contributed by atoms with Gasteiger partial charge < -0.3 is 4.42 Å². The van der Waals surface area contributed by atoms with Gasteiger partial charge in [-0.15, -0.1) is 0 Å². The number of nitro groups is 1. The van der Waals surface area contributed by atoms with Crippen LogP contribution in [0.25, 0.3) is 11.0 Å². The number of aryl methyl sites for hydroxylation is 1. The fourth-order valence-corrected chi connectivity index (χ4v) is 1.33. The molecule has 1 aromatic carbocycles. The molecule has 0 radical (unpaired) electrons. The first kappa shape index (κ1) is 9.39. The van der Waals surface area contributed by atoms with Crippen molar-refractivity contribution >= 4 is 16.7 Å². The van der Waals surface area contributed by atoms with Crippen LogP contribution in [-0.4, -0.2) is 4.92 Å². The molecule has 0 amide bonds. The summed E-state index contributed by atoms with van der Waals surface area (Å²) in [6, 6.07) is 6.37. The van der Waals surface area contributed by atoms with E-state index in [1.165, 1.54) is 6.07 Å². The third-order valence-electron chi connectivity index (χ3n) is 2.07. The predicted octanol–water partition coefficient (Wildman–Crippen LogP) is 2.01. The minimum atomic E-state index is -0.918. The number of nitrogens with zero attached hydrogens (tertiary/aromatic N) is 1. The van der Waals surface area contributed by atoms with Crippen molar-refractivity contribution in [1.82, 2.24) is 0 Å². The van der Waals surface area contributed by atoms with E-state index in [9.17, 15) is 14.9 Å². The highest BCUT2D eigenvalue weighted by Gasteiger charge is 2.14. The molecule has 0 saturated carbocycles. The molecular formula is C10H7NO4. The molecule has 0 N–H and O–H groups in total. The lowest BCUT2D eigenvalue weighted by molar-refractivity contribution is -0.387. The normalized spacial score (nSPS) is 10.5. The van der Waals surface area contributed by atoms with Crippen molar-refractivity contribution in [2.24, 2.45) is 0 Å². The zero-order chi connectivity index (χ0) is 11.0. The quantitative estimate of drug-likeness (QED) is 0.405. The Balaban J connectivity index is 2.82. The first-order valence-electron chi connectivity index (χ1n) is 4.27. The molecule has 5 nitrogen and oxygen atoms in total. The Morgan fingerprint density at radius 1 is 1.33 bits per heavy atom. The molecule has 0 spiro atoms. The highest BCUT2D eigenvalue weighted by molar-refractivity contribution is 5.78. The van der Waals surface area contributed by atoms with Gasteiger partial charge in [0.05, 0.1) is 4.92 Å². The molecule has 0 unspecified atom stereocenters. The molecular weight excluding hydrogens is 198 g/mol. The average Bonchev–Trinajstić information content (AvgIpc) is 2.15. The van der Waals surface area contributed by atoms with Crippen LogP contribution in [0, 0.1) is 17.0 Å².